The summed E-state index contributed by atoms with van der Waals surface area (Å²) >= 11 is 1.36. The van der Waals surface area contributed by atoms with Crippen molar-refractivity contribution in [1.82, 2.24) is 14.6 Å². The molecule has 0 aliphatic rings. The highest BCUT2D eigenvalue weighted by Crippen LogP contribution is 2.37. The first kappa shape index (κ1) is 20.3. The van der Waals surface area contributed by atoms with Crippen molar-refractivity contribution in [1.29, 1.82) is 0 Å². The molecule has 0 fully saturated rings. The Labute approximate surface area is 187 Å². The first-order chi connectivity index (χ1) is 15.7. The molecule has 32 heavy (non-hydrogen) atoms. The fourth-order valence-electron chi connectivity index (χ4n) is 3.30. The molecule has 164 valence electrons. The molecule has 5 aromatic rings. The smallest absolute Gasteiger partial charge is 0.294 e. The van der Waals surface area contributed by atoms with Gasteiger partial charge in [0.25, 0.3) is 5.19 Å². The van der Waals surface area contributed by atoms with E-state index in [1.54, 1.807) is 24.9 Å². The molecule has 9 heteroatoms. The second-order valence-corrected chi connectivity index (χ2v) is 7.88. The van der Waals surface area contributed by atoms with E-state index in [-0.39, 0.29) is 0 Å². The van der Waals surface area contributed by atoms with Crippen LogP contribution in [0.5, 0.6) is 16.7 Å². The zero-order valence-corrected chi connectivity index (χ0v) is 18.4. The fraction of sp³-hybridized carbons (Fsp3) is 0.217. The molecule has 0 saturated carbocycles. The molecule has 2 aromatic carbocycles. The number of fused-ring (bicyclic) bond motifs is 2. The first-order valence-corrected chi connectivity index (χ1v) is 10.8. The lowest BCUT2D eigenvalue weighted by molar-refractivity contribution is 0.0893. The van der Waals surface area contributed by atoms with Crippen molar-refractivity contribution < 1.29 is 23.4 Å². The summed E-state index contributed by atoms with van der Waals surface area (Å²) in [4.78, 5) is 5.31. The standard InChI is InChI=1S/C23H21N3O5S/c1-27-16-10-19(30-9-8-29-14-15-6-4-3-5-7-15)17-12-21(31-20(17)11-16)18-13-26-22(24-18)32-23(25-26)28-2/h3-7,10-13H,8-9,14H2,1-2H3. The van der Waals surface area contributed by atoms with Gasteiger partial charge in [-0.1, -0.05) is 30.3 Å². The zero-order valence-electron chi connectivity index (χ0n) is 17.6. The maximum absolute atomic E-state index is 6.06. The molecule has 0 saturated heterocycles. The van der Waals surface area contributed by atoms with Gasteiger partial charge in [-0.25, -0.2) is 9.50 Å². The van der Waals surface area contributed by atoms with Crippen LogP contribution in [0.15, 0.2) is 59.1 Å². The van der Waals surface area contributed by atoms with E-state index in [9.17, 15) is 0 Å². The molecule has 0 amide bonds. The average Bonchev–Trinajstić information content (AvgIpc) is 3.52. The van der Waals surface area contributed by atoms with Gasteiger partial charge in [0.2, 0.25) is 4.96 Å². The van der Waals surface area contributed by atoms with Crippen LogP contribution in [0, 0.1) is 0 Å². The number of rotatable bonds is 9. The normalized spacial score (nSPS) is 11.3. The lowest BCUT2D eigenvalue weighted by Gasteiger charge is -2.09. The third kappa shape index (κ3) is 4.12. The molecule has 0 radical (unpaired) electrons. The summed E-state index contributed by atoms with van der Waals surface area (Å²) < 4.78 is 30.0. The predicted molar refractivity (Wildman–Crippen MR) is 121 cm³/mol. The third-order valence-electron chi connectivity index (χ3n) is 4.86. The van der Waals surface area contributed by atoms with Crippen LogP contribution in [0.25, 0.3) is 27.4 Å². The van der Waals surface area contributed by atoms with Crippen molar-refractivity contribution >= 4 is 27.3 Å². The Balaban J connectivity index is 1.33. The van der Waals surface area contributed by atoms with Gasteiger partial charge in [0.1, 0.15) is 29.4 Å². The van der Waals surface area contributed by atoms with E-state index in [0.29, 0.717) is 53.6 Å². The number of imidazole rings is 1. The summed E-state index contributed by atoms with van der Waals surface area (Å²) in [7, 11) is 3.19. The molecule has 3 heterocycles. The molecule has 0 N–H and O–H groups in total. The van der Waals surface area contributed by atoms with Crippen LogP contribution in [-0.4, -0.2) is 42.0 Å². The second kappa shape index (κ2) is 8.89. The van der Waals surface area contributed by atoms with Gasteiger partial charge in [-0.15, -0.1) is 5.10 Å². The van der Waals surface area contributed by atoms with E-state index < -0.39 is 0 Å². The Hall–Kier alpha value is -3.56. The summed E-state index contributed by atoms with van der Waals surface area (Å²) in [6.45, 7) is 1.41. The van der Waals surface area contributed by atoms with Crippen LogP contribution in [0.2, 0.25) is 0 Å². The van der Waals surface area contributed by atoms with Crippen LogP contribution < -0.4 is 14.2 Å². The highest BCUT2D eigenvalue weighted by atomic mass is 32.1. The topological polar surface area (TPSA) is 80.2 Å². The summed E-state index contributed by atoms with van der Waals surface area (Å²) in [5.74, 6) is 1.93. The highest BCUT2D eigenvalue weighted by molar-refractivity contribution is 7.18. The van der Waals surface area contributed by atoms with E-state index in [1.807, 2.05) is 48.5 Å². The minimum Gasteiger partial charge on any atom is -0.496 e. The minimum atomic E-state index is 0.402. The SMILES string of the molecule is COc1cc(OCCOCc2ccccc2)c2cc(-c3cn4nc(OC)sc4n3)oc2c1. The van der Waals surface area contributed by atoms with E-state index >= 15 is 0 Å². The fourth-order valence-corrected chi connectivity index (χ4v) is 4.00. The minimum absolute atomic E-state index is 0.402. The first-order valence-electron chi connectivity index (χ1n) is 10.00. The number of hydrogen-bond donors (Lipinski definition) is 0. The molecule has 3 aromatic heterocycles. The van der Waals surface area contributed by atoms with Crippen molar-refractivity contribution in [2.45, 2.75) is 6.61 Å². The maximum Gasteiger partial charge on any atom is 0.294 e. The predicted octanol–water partition coefficient (Wildman–Crippen LogP) is 4.82. The molecule has 0 unspecified atom stereocenters. The summed E-state index contributed by atoms with van der Waals surface area (Å²) in [5, 5.41) is 5.70. The molecule has 0 bridgehead atoms. The van der Waals surface area contributed by atoms with E-state index in [0.717, 1.165) is 15.9 Å². The van der Waals surface area contributed by atoms with Gasteiger partial charge in [0.05, 0.1) is 39.0 Å². The Kier molecular flexibility index (Phi) is 5.66. The number of aromatic nitrogens is 3. The van der Waals surface area contributed by atoms with Crippen LogP contribution in [-0.2, 0) is 11.3 Å². The van der Waals surface area contributed by atoms with Crippen LogP contribution in [0.4, 0.5) is 0 Å². The quantitative estimate of drug-likeness (QED) is 0.297. The summed E-state index contributed by atoms with van der Waals surface area (Å²) in [6, 6.07) is 15.6. The number of nitrogens with zero attached hydrogens (tertiary/aromatic N) is 3. The van der Waals surface area contributed by atoms with Gasteiger partial charge in [0.15, 0.2) is 5.76 Å². The van der Waals surface area contributed by atoms with Crippen molar-refractivity contribution in [3.05, 3.63) is 60.3 Å². The monoisotopic (exact) mass is 451 g/mol. The molecule has 8 nitrogen and oxygen atoms in total. The van der Waals surface area contributed by atoms with Gasteiger partial charge >= 0.3 is 0 Å². The van der Waals surface area contributed by atoms with Crippen molar-refractivity contribution in [2.75, 3.05) is 27.4 Å². The lowest BCUT2D eigenvalue weighted by atomic mass is 10.2. The van der Waals surface area contributed by atoms with Crippen molar-refractivity contribution in [3.63, 3.8) is 0 Å². The third-order valence-corrected chi connectivity index (χ3v) is 5.74. The zero-order chi connectivity index (χ0) is 21.9. The van der Waals surface area contributed by atoms with Gasteiger partial charge in [-0.2, -0.15) is 0 Å². The number of hydrogen-bond acceptors (Lipinski definition) is 8. The van der Waals surface area contributed by atoms with E-state index in [2.05, 4.69) is 10.1 Å². The van der Waals surface area contributed by atoms with Gasteiger partial charge in [-0.3, -0.25) is 0 Å². The molecule has 5 rings (SSSR count). The van der Waals surface area contributed by atoms with Crippen LogP contribution in [0.3, 0.4) is 0 Å². The molecule has 0 spiro atoms. The Bertz CT molecular complexity index is 1310. The van der Waals surface area contributed by atoms with Crippen molar-refractivity contribution in [2.24, 2.45) is 0 Å². The Morgan fingerprint density at radius 2 is 1.91 bits per heavy atom. The Morgan fingerprint density at radius 1 is 1.03 bits per heavy atom. The van der Waals surface area contributed by atoms with Gasteiger partial charge in [0, 0.05) is 12.1 Å². The van der Waals surface area contributed by atoms with E-state index in [1.165, 1.54) is 11.3 Å². The van der Waals surface area contributed by atoms with E-state index in [4.69, 9.17) is 23.4 Å². The Morgan fingerprint density at radius 3 is 2.69 bits per heavy atom. The van der Waals surface area contributed by atoms with Crippen LogP contribution in [0.1, 0.15) is 5.56 Å². The number of benzene rings is 2. The maximum atomic E-state index is 6.06. The largest absolute Gasteiger partial charge is 0.496 e. The molecule has 0 aliphatic carbocycles. The molecule has 0 atom stereocenters. The average molecular weight is 452 g/mol. The summed E-state index contributed by atoms with van der Waals surface area (Å²) in [6.07, 6.45) is 1.81. The van der Waals surface area contributed by atoms with Crippen molar-refractivity contribution in [3.8, 4) is 28.1 Å². The number of furan rings is 1. The molecular weight excluding hydrogens is 430 g/mol. The highest BCUT2D eigenvalue weighted by Gasteiger charge is 2.17. The van der Waals surface area contributed by atoms with Gasteiger partial charge in [-0.05, 0) is 23.0 Å². The second-order valence-electron chi connectivity index (χ2n) is 6.96. The number of ether oxygens (including phenoxy) is 4. The molecule has 0 aliphatic heterocycles. The summed E-state index contributed by atoms with van der Waals surface area (Å²) in [5.41, 5.74) is 2.46. The van der Waals surface area contributed by atoms with Crippen LogP contribution >= 0.6 is 11.3 Å². The van der Waals surface area contributed by atoms with Gasteiger partial charge < -0.3 is 23.4 Å². The number of methoxy groups -OCH3 is 2. The lowest BCUT2D eigenvalue weighted by Crippen LogP contribution is -2.07. The molecular formula is C23H21N3O5S.